The van der Waals surface area contributed by atoms with E-state index < -0.39 is 0 Å². The minimum Gasteiger partial charge on any atom is -1.00 e. The molecule has 0 aliphatic carbocycles. The number of hydrogen-bond acceptors (Lipinski definition) is 0. The zero-order valence-electron chi connectivity index (χ0n) is 31.4. The Morgan fingerprint density at radius 3 is 0.357 bits per heavy atom. The van der Waals surface area contributed by atoms with Gasteiger partial charge < -0.3 is 47.5 Å². The molecule has 0 aliphatic heterocycles. The summed E-state index contributed by atoms with van der Waals surface area (Å²) in [5, 5.41) is 0. The summed E-state index contributed by atoms with van der Waals surface area (Å²) in [5.41, 5.74) is 0. The third-order valence-corrected chi connectivity index (χ3v) is 8.38. The molecule has 0 heterocycles. The van der Waals surface area contributed by atoms with Crippen molar-refractivity contribution in [3.05, 3.63) is 0 Å². The second kappa shape index (κ2) is 37.8. The van der Waals surface area contributed by atoms with Crippen molar-refractivity contribution in [3.63, 3.8) is 0 Å². The lowest BCUT2D eigenvalue weighted by Crippen LogP contribution is -3.00. The fourth-order valence-corrected chi connectivity index (χ4v) is 7.70. The summed E-state index contributed by atoms with van der Waals surface area (Å²) in [7, 11) is 0. The van der Waals surface area contributed by atoms with Crippen molar-refractivity contribution in [1.29, 1.82) is 0 Å². The fourth-order valence-electron chi connectivity index (χ4n) is 7.70. The van der Waals surface area contributed by atoms with E-state index in [0.717, 1.165) is 0 Å². The number of quaternary nitrogens is 3. The zero-order valence-corrected chi connectivity index (χ0v) is 33.8. The fraction of sp³-hybridized carbons (Fsp3) is 1.00. The maximum Gasteiger partial charge on any atom is 0.0783 e. The summed E-state index contributed by atoms with van der Waals surface area (Å²) < 4.78 is 4.12. The molecule has 3 nitrogen and oxygen atoms in total. The molecule has 6 heteroatoms. The van der Waals surface area contributed by atoms with Gasteiger partial charge in [0.2, 0.25) is 0 Å². The zero-order chi connectivity index (χ0) is 30.5. The lowest BCUT2D eigenvalue weighted by atomic mass is 10.2. The van der Waals surface area contributed by atoms with E-state index in [0.29, 0.717) is 0 Å². The van der Waals surface area contributed by atoms with Crippen molar-refractivity contribution in [2.75, 3.05) is 78.5 Å². The third-order valence-electron chi connectivity index (χ3n) is 8.38. The van der Waals surface area contributed by atoms with E-state index in [2.05, 4.69) is 83.1 Å². The van der Waals surface area contributed by atoms with E-state index in [1.807, 2.05) is 0 Å². The van der Waals surface area contributed by atoms with Crippen LogP contribution >= 0.6 is 0 Å². The van der Waals surface area contributed by atoms with E-state index in [1.54, 1.807) is 0 Å². The molecular weight excluding hydrogens is 609 g/mol. The topological polar surface area (TPSA) is 0 Å². The van der Waals surface area contributed by atoms with Gasteiger partial charge in [-0.3, -0.25) is 0 Å². The summed E-state index contributed by atoms with van der Waals surface area (Å²) in [5.74, 6) is 0. The SMILES string of the molecule is CCC[N+](CCC)(CCC)CCC.CCC[N+](CCC)(CCC)CCC.CCC[N+](CCC)(CCC)CCC.[Br-].[Cl-].[F-]. The van der Waals surface area contributed by atoms with Crippen LogP contribution in [0, 0.1) is 0 Å². The van der Waals surface area contributed by atoms with Gasteiger partial charge in [0.05, 0.1) is 78.5 Å². The highest BCUT2D eigenvalue weighted by Crippen LogP contribution is 2.14. The lowest BCUT2D eigenvalue weighted by molar-refractivity contribution is -0.928. The van der Waals surface area contributed by atoms with E-state index >= 15 is 0 Å². The summed E-state index contributed by atoms with van der Waals surface area (Å²) in [6.07, 6.45) is 16.0. The first kappa shape index (κ1) is 55.0. The Morgan fingerprint density at radius 2 is 0.310 bits per heavy atom. The maximum atomic E-state index is 2.31. The van der Waals surface area contributed by atoms with Crippen molar-refractivity contribution in [2.24, 2.45) is 0 Å². The van der Waals surface area contributed by atoms with Crippen LogP contribution < -0.4 is 34.1 Å². The number of nitrogens with zero attached hydrogens (tertiary/aromatic N) is 3. The molecular formula is C36H84BrClFN3. The van der Waals surface area contributed by atoms with Gasteiger partial charge in [-0.15, -0.1) is 0 Å². The van der Waals surface area contributed by atoms with Crippen LogP contribution in [0.5, 0.6) is 0 Å². The molecule has 0 rings (SSSR count). The molecule has 0 fully saturated rings. The van der Waals surface area contributed by atoms with Crippen LogP contribution in [0.4, 0.5) is 0 Å². The minimum atomic E-state index is 0. The molecule has 0 spiro atoms. The first-order valence-corrected chi connectivity index (χ1v) is 18.3. The first-order valence-electron chi connectivity index (χ1n) is 18.3. The third kappa shape index (κ3) is 26.9. The molecule has 0 atom stereocenters. The minimum absolute atomic E-state index is 0. The van der Waals surface area contributed by atoms with Crippen molar-refractivity contribution in [1.82, 2.24) is 0 Å². The summed E-state index contributed by atoms with van der Waals surface area (Å²) in [6.45, 7) is 44.4. The second-order valence-electron chi connectivity index (χ2n) is 12.7. The molecule has 0 bridgehead atoms. The predicted octanol–water partition coefficient (Wildman–Crippen LogP) is 1.34. The molecule has 0 saturated heterocycles. The van der Waals surface area contributed by atoms with E-state index in [-0.39, 0.29) is 34.1 Å². The van der Waals surface area contributed by atoms with Gasteiger partial charge in [0.1, 0.15) is 0 Å². The second-order valence-corrected chi connectivity index (χ2v) is 12.7. The predicted molar refractivity (Wildman–Crippen MR) is 183 cm³/mol. The van der Waals surface area contributed by atoms with Crippen LogP contribution in [0.25, 0.3) is 0 Å². The maximum absolute atomic E-state index is 2.31. The Balaban J connectivity index is -0.000000112. The molecule has 0 aliphatic rings. The van der Waals surface area contributed by atoms with Crippen molar-refractivity contribution < 1.29 is 47.5 Å². The molecule has 264 valence electrons. The largest absolute Gasteiger partial charge is 1.00 e. The van der Waals surface area contributed by atoms with Gasteiger partial charge in [-0.05, 0) is 77.0 Å². The molecule has 0 aromatic carbocycles. The Kier molecular flexibility index (Phi) is 49.5. The van der Waals surface area contributed by atoms with Gasteiger partial charge in [0.25, 0.3) is 0 Å². The monoisotopic (exact) mass is 692 g/mol. The van der Waals surface area contributed by atoms with Crippen LogP contribution in [0.15, 0.2) is 0 Å². The molecule has 0 unspecified atom stereocenters. The van der Waals surface area contributed by atoms with E-state index in [1.165, 1.54) is 169 Å². The van der Waals surface area contributed by atoms with E-state index in [4.69, 9.17) is 0 Å². The van der Waals surface area contributed by atoms with Crippen LogP contribution in [-0.2, 0) is 0 Å². The van der Waals surface area contributed by atoms with Crippen LogP contribution in [0.3, 0.4) is 0 Å². The quantitative estimate of drug-likeness (QED) is 0.134. The van der Waals surface area contributed by atoms with Crippen LogP contribution in [-0.4, -0.2) is 92.0 Å². The van der Waals surface area contributed by atoms with Gasteiger partial charge in [-0.25, -0.2) is 0 Å². The van der Waals surface area contributed by atoms with E-state index in [9.17, 15) is 0 Å². The van der Waals surface area contributed by atoms with Crippen LogP contribution in [0.1, 0.15) is 160 Å². The highest BCUT2D eigenvalue weighted by Gasteiger charge is 2.24. The molecule has 0 aromatic rings. The molecule has 0 aromatic heterocycles. The van der Waals surface area contributed by atoms with Gasteiger partial charge in [0, 0.05) is 0 Å². The van der Waals surface area contributed by atoms with Crippen molar-refractivity contribution >= 4 is 0 Å². The number of rotatable bonds is 24. The molecule has 0 amide bonds. The Labute approximate surface area is 285 Å². The summed E-state index contributed by atoms with van der Waals surface area (Å²) >= 11 is 0. The highest BCUT2D eigenvalue weighted by atomic mass is 79.9. The van der Waals surface area contributed by atoms with Crippen molar-refractivity contribution in [2.45, 2.75) is 160 Å². The molecule has 0 saturated carbocycles. The molecule has 0 radical (unpaired) electrons. The number of halogens is 3. The highest BCUT2D eigenvalue weighted by molar-refractivity contribution is 4.46. The standard InChI is InChI=1S/3C12H28N.BrH.ClH.FH/c3*1-5-9-13(10-6-2,11-7-3)12-8-4;;;/h3*5-12H2,1-4H3;3*1H/q3*+1;;;/p-3. The summed E-state index contributed by atoms with van der Waals surface area (Å²) in [6, 6.07) is 0. The smallest absolute Gasteiger partial charge is 0.0783 e. The van der Waals surface area contributed by atoms with Crippen LogP contribution in [0.2, 0.25) is 0 Å². The number of hydrogen-bond donors (Lipinski definition) is 0. The van der Waals surface area contributed by atoms with Gasteiger partial charge >= 0.3 is 0 Å². The lowest BCUT2D eigenvalue weighted by Gasteiger charge is -2.38. The molecule has 42 heavy (non-hydrogen) atoms. The Bertz CT molecular complexity index is 327. The van der Waals surface area contributed by atoms with Gasteiger partial charge in [-0.2, -0.15) is 0 Å². The normalized spacial score (nSPS) is 11.1. The van der Waals surface area contributed by atoms with Gasteiger partial charge in [0.15, 0.2) is 0 Å². The average molecular weight is 693 g/mol. The average Bonchev–Trinajstić information content (AvgIpc) is 2.87. The molecule has 0 N–H and O–H groups in total. The first-order chi connectivity index (χ1) is 18.7. The van der Waals surface area contributed by atoms with Crippen molar-refractivity contribution in [3.8, 4) is 0 Å². The Morgan fingerprint density at radius 1 is 0.238 bits per heavy atom. The van der Waals surface area contributed by atoms with Gasteiger partial charge in [-0.1, -0.05) is 83.1 Å². The summed E-state index contributed by atoms with van der Waals surface area (Å²) in [4.78, 5) is 0. The Hall–Kier alpha value is 0.580.